The van der Waals surface area contributed by atoms with Gasteiger partial charge in [-0.1, -0.05) is 19.9 Å². The fourth-order valence-electron chi connectivity index (χ4n) is 2.26. The first-order valence-electron chi connectivity index (χ1n) is 5.97. The maximum absolute atomic E-state index is 5.80. The average molecular weight is 239 g/mol. The number of hydrogen-bond acceptors (Lipinski definition) is 2. The van der Waals surface area contributed by atoms with Gasteiger partial charge in [0.1, 0.15) is 5.82 Å². The van der Waals surface area contributed by atoms with Gasteiger partial charge in [0.05, 0.1) is 11.6 Å². The summed E-state index contributed by atoms with van der Waals surface area (Å²) < 4.78 is 0. The maximum atomic E-state index is 5.80. The van der Waals surface area contributed by atoms with E-state index in [1.165, 1.54) is 6.42 Å². The van der Waals surface area contributed by atoms with Crippen molar-refractivity contribution in [1.29, 1.82) is 0 Å². The van der Waals surface area contributed by atoms with E-state index in [0.29, 0.717) is 5.88 Å². The normalized spacial score (nSPS) is 20.8. The van der Waals surface area contributed by atoms with Gasteiger partial charge in [-0.25, -0.2) is 4.98 Å². The Morgan fingerprint density at radius 1 is 1.50 bits per heavy atom. The van der Waals surface area contributed by atoms with Gasteiger partial charge in [0.15, 0.2) is 0 Å². The lowest BCUT2D eigenvalue weighted by atomic mass is 9.95. The van der Waals surface area contributed by atoms with Crippen molar-refractivity contribution < 1.29 is 0 Å². The lowest BCUT2D eigenvalue weighted by molar-refractivity contribution is 0.422. The van der Waals surface area contributed by atoms with Crippen molar-refractivity contribution in [3.05, 3.63) is 23.9 Å². The summed E-state index contributed by atoms with van der Waals surface area (Å²) >= 11 is 5.80. The molecule has 2 heterocycles. The van der Waals surface area contributed by atoms with Crippen LogP contribution in [0.15, 0.2) is 18.2 Å². The first-order chi connectivity index (χ1) is 7.70. The van der Waals surface area contributed by atoms with Crippen LogP contribution in [-0.2, 0) is 5.88 Å². The smallest absolute Gasteiger partial charge is 0.128 e. The van der Waals surface area contributed by atoms with Crippen molar-refractivity contribution in [2.45, 2.75) is 26.1 Å². The first kappa shape index (κ1) is 11.7. The molecule has 0 spiro atoms. The third-order valence-electron chi connectivity index (χ3n) is 3.42. The SMILES string of the molecule is CC(C)C1CCN(c2cccc(CCl)n2)C1. The van der Waals surface area contributed by atoms with E-state index in [1.807, 2.05) is 12.1 Å². The summed E-state index contributed by atoms with van der Waals surface area (Å²) in [5.41, 5.74) is 0.965. The largest absolute Gasteiger partial charge is 0.356 e. The molecular formula is C13H19ClN2. The molecule has 16 heavy (non-hydrogen) atoms. The summed E-state index contributed by atoms with van der Waals surface area (Å²) in [7, 11) is 0. The van der Waals surface area contributed by atoms with E-state index in [9.17, 15) is 0 Å². The molecule has 0 bridgehead atoms. The molecular weight excluding hydrogens is 220 g/mol. The van der Waals surface area contributed by atoms with E-state index >= 15 is 0 Å². The second-order valence-corrected chi connectivity index (χ2v) is 5.13. The fourth-order valence-corrected chi connectivity index (χ4v) is 2.41. The minimum atomic E-state index is 0.495. The first-order valence-corrected chi connectivity index (χ1v) is 6.51. The van der Waals surface area contributed by atoms with E-state index < -0.39 is 0 Å². The van der Waals surface area contributed by atoms with E-state index in [4.69, 9.17) is 11.6 Å². The standard InChI is InChI=1S/C13H19ClN2/c1-10(2)11-6-7-16(9-11)13-5-3-4-12(8-14)15-13/h3-5,10-11H,6-9H2,1-2H3. The predicted molar refractivity (Wildman–Crippen MR) is 69.0 cm³/mol. The molecule has 1 aromatic rings. The van der Waals surface area contributed by atoms with Crippen LogP contribution in [0.4, 0.5) is 5.82 Å². The maximum Gasteiger partial charge on any atom is 0.128 e. The molecule has 1 unspecified atom stereocenters. The average Bonchev–Trinajstić information content (AvgIpc) is 2.78. The molecule has 0 aromatic carbocycles. The van der Waals surface area contributed by atoms with Crippen LogP contribution < -0.4 is 4.90 Å². The van der Waals surface area contributed by atoms with Crippen molar-refractivity contribution >= 4 is 17.4 Å². The molecule has 1 aromatic heterocycles. The van der Waals surface area contributed by atoms with Crippen LogP contribution in [-0.4, -0.2) is 18.1 Å². The zero-order chi connectivity index (χ0) is 11.5. The number of alkyl halides is 1. The molecule has 88 valence electrons. The number of rotatable bonds is 3. The minimum Gasteiger partial charge on any atom is -0.356 e. The summed E-state index contributed by atoms with van der Waals surface area (Å²) in [6, 6.07) is 6.11. The van der Waals surface area contributed by atoms with Gasteiger partial charge in [0.2, 0.25) is 0 Å². The van der Waals surface area contributed by atoms with Crippen molar-refractivity contribution in [1.82, 2.24) is 4.98 Å². The number of hydrogen-bond donors (Lipinski definition) is 0. The number of pyridine rings is 1. The quantitative estimate of drug-likeness (QED) is 0.752. The Kier molecular flexibility index (Phi) is 3.70. The molecule has 2 nitrogen and oxygen atoms in total. The van der Waals surface area contributed by atoms with Crippen molar-refractivity contribution in [3.8, 4) is 0 Å². The molecule has 1 saturated heterocycles. The Balaban J connectivity index is 2.08. The summed E-state index contributed by atoms with van der Waals surface area (Å²) in [6.45, 7) is 6.87. The van der Waals surface area contributed by atoms with E-state index in [2.05, 4.69) is 29.8 Å². The van der Waals surface area contributed by atoms with Crippen LogP contribution in [0.5, 0.6) is 0 Å². The number of aromatic nitrogens is 1. The van der Waals surface area contributed by atoms with Crippen LogP contribution in [0.1, 0.15) is 26.0 Å². The van der Waals surface area contributed by atoms with Crippen LogP contribution in [0, 0.1) is 11.8 Å². The monoisotopic (exact) mass is 238 g/mol. The summed E-state index contributed by atoms with van der Waals surface area (Å²) in [5, 5.41) is 0. The predicted octanol–water partition coefficient (Wildman–Crippen LogP) is 3.30. The zero-order valence-corrected chi connectivity index (χ0v) is 10.7. The van der Waals surface area contributed by atoms with Gasteiger partial charge in [0.25, 0.3) is 0 Å². The third-order valence-corrected chi connectivity index (χ3v) is 3.69. The van der Waals surface area contributed by atoms with Gasteiger partial charge < -0.3 is 4.90 Å². The highest BCUT2D eigenvalue weighted by Gasteiger charge is 2.25. The van der Waals surface area contributed by atoms with E-state index in [0.717, 1.165) is 36.4 Å². The molecule has 0 amide bonds. The highest BCUT2D eigenvalue weighted by atomic mass is 35.5. The second-order valence-electron chi connectivity index (χ2n) is 4.86. The minimum absolute atomic E-state index is 0.495. The van der Waals surface area contributed by atoms with Gasteiger partial charge in [-0.3, -0.25) is 0 Å². The lowest BCUT2D eigenvalue weighted by Crippen LogP contribution is -2.22. The van der Waals surface area contributed by atoms with Crippen LogP contribution >= 0.6 is 11.6 Å². The fraction of sp³-hybridized carbons (Fsp3) is 0.615. The lowest BCUT2D eigenvalue weighted by Gasteiger charge is -2.19. The van der Waals surface area contributed by atoms with Crippen molar-refractivity contribution in [3.63, 3.8) is 0 Å². The summed E-state index contributed by atoms with van der Waals surface area (Å²) in [6.07, 6.45) is 1.28. The molecule has 0 radical (unpaired) electrons. The second kappa shape index (κ2) is 5.05. The Hall–Kier alpha value is -0.760. The van der Waals surface area contributed by atoms with Crippen molar-refractivity contribution in [2.75, 3.05) is 18.0 Å². The summed E-state index contributed by atoms with van der Waals surface area (Å²) in [5.74, 6) is 3.15. The molecule has 1 atom stereocenters. The van der Waals surface area contributed by atoms with Crippen LogP contribution in [0.25, 0.3) is 0 Å². The van der Waals surface area contributed by atoms with Crippen LogP contribution in [0.2, 0.25) is 0 Å². The molecule has 1 fully saturated rings. The zero-order valence-electron chi connectivity index (χ0n) is 9.99. The molecule has 0 N–H and O–H groups in total. The molecule has 1 aliphatic rings. The van der Waals surface area contributed by atoms with Crippen LogP contribution in [0.3, 0.4) is 0 Å². The Bertz CT molecular complexity index is 352. The molecule has 0 saturated carbocycles. The molecule has 0 aliphatic carbocycles. The number of nitrogens with zero attached hydrogens (tertiary/aromatic N) is 2. The summed E-state index contributed by atoms with van der Waals surface area (Å²) in [4.78, 5) is 6.94. The topological polar surface area (TPSA) is 16.1 Å². The Morgan fingerprint density at radius 3 is 2.94 bits per heavy atom. The number of halogens is 1. The third kappa shape index (κ3) is 2.49. The van der Waals surface area contributed by atoms with Gasteiger partial charge in [-0.2, -0.15) is 0 Å². The van der Waals surface area contributed by atoms with Crippen molar-refractivity contribution in [2.24, 2.45) is 11.8 Å². The van der Waals surface area contributed by atoms with Gasteiger partial charge in [0, 0.05) is 13.1 Å². The van der Waals surface area contributed by atoms with E-state index in [1.54, 1.807) is 0 Å². The van der Waals surface area contributed by atoms with Gasteiger partial charge in [-0.05, 0) is 30.4 Å². The molecule has 1 aliphatic heterocycles. The Labute approximate surface area is 103 Å². The molecule has 2 rings (SSSR count). The van der Waals surface area contributed by atoms with Gasteiger partial charge in [-0.15, -0.1) is 11.6 Å². The van der Waals surface area contributed by atoms with E-state index in [-0.39, 0.29) is 0 Å². The Morgan fingerprint density at radius 2 is 2.31 bits per heavy atom. The highest BCUT2D eigenvalue weighted by Crippen LogP contribution is 2.27. The van der Waals surface area contributed by atoms with Gasteiger partial charge >= 0.3 is 0 Å². The number of anilines is 1. The molecule has 3 heteroatoms. The highest BCUT2D eigenvalue weighted by molar-refractivity contribution is 6.16.